The van der Waals surface area contributed by atoms with Crippen LogP contribution in [0.25, 0.3) is 0 Å². The van der Waals surface area contributed by atoms with Crippen molar-refractivity contribution in [1.29, 1.82) is 0 Å². The van der Waals surface area contributed by atoms with E-state index in [4.69, 9.17) is 0 Å². The van der Waals surface area contributed by atoms with Crippen LogP contribution in [0.2, 0.25) is 0 Å². The van der Waals surface area contributed by atoms with E-state index in [0.29, 0.717) is 6.04 Å². The molecule has 158 valence electrons. The Morgan fingerprint density at radius 3 is 1.63 bits per heavy atom. The second kappa shape index (κ2) is 13.3. The van der Waals surface area contributed by atoms with Crippen LogP contribution in [-0.2, 0) is 17.1 Å². The molecule has 0 fully saturated rings. The SMILES string of the molecule is CC(c1cc[cH-]c1P(c1ccccc1)c1ccccc1)N(C)C.O.[Fe+2].c1cc[cH-]c1. The fraction of sp³-hybridized carbons (Fsp3) is 0.154. The Bertz CT molecular complexity index is 863. The first-order chi connectivity index (χ1) is 13.7. The number of rotatable bonds is 5. The Labute approximate surface area is 192 Å². The second-order valence-electron chi connectivity index (χ2n) is 6.97. The molecule has 0 aliphatic carbocycles. The number of hydrogen-bond acceptors (Lipinski definition) is 1. The Hall–Kier alpha value is -1.99. The molecule has 0 aromatic heterocycles. The van der Waals surface area contributed by atoms with Crippen LogP contribution in [0.1, 0.15) is 18.5 Å². The standard InChI is InChI=1S/C21H23NP.C5H5.Fe.H2O/c1-17(22(2)3)20-15-10-16-21(20)23(18-11-6-4-7-12-18)19-13-8-5-9-14-19;1-2-4-5-3-1;;/h4-17H,1-3H3;1-5H;;1H2/q2*-1;+2;. The van der Waals surface area contributed by atoms with Crippen molar-refractivity contribution in [3.63, 3.8) is 0 Å². The van der Waals surface area contributed by atoms with Crippen molar-refractivity contribution in [2.75, 3.05) is 14.1 Å². The van der Waals surface area contributed by atoms with Gasteiger partial charge in [0.2, 0.25) is 0 Å². The molecule has 0 aliphatic heterocycles. The number of benzene rings is 2. The van der Waals surface area contributed by atoms with Crippen LogP contribution in [0.15, 0.2) is 109 Å². The minimum atomic E-state index is -0.514. The van der Waals surface area contributed by atoms with Crippen LogP contribution < -0.4 is 15.9 Å². The predicted molar refractivity (Wildman–Crippen MR) is 128 cm³/mol. The van der Waals surface area contributed by atoms with Crippen molar-refractivity contribution in [2.24, 2.45) is 0 Å². The van der Waals surface area contributed by atoms with Crippen molar-refractivity contribution in [3.05, 3.63) is 115 Å². The third kappa shape index (κ3) is 6.77. The molecule has 0 heterocycles. The smallest absolute Gasteiger partial charge is 0.412 e. The van der Waals surface area contributed by atoms with Gasteiger partial charge in [-0.25, -0.2) is 18.2 Å². The maximum Gasteiger partial charge on any atom is 2.00 e. The van der Waals surface area contributed by atoms with Gasteiger partial charge in [-0.15, -0.1) is 5.30 Å². The van der Waals surface area contributed by atoms with Crippen LogP contribution >= 0.6 is 7.92 Å². The van der Waals surface area contributed by atoms with Gasteiger partial charge in [-0.05, 0) is 38.7 Å². The van der Waals surface area contributed by atoms with Crippen LogP contribution in [0.5, 0.6) is 0 Å². The normalized spacial score (nSPS) is 11.1. The first-order valence-electron chi connectivity index (χ1n) is 9.67. The van der Waals surface area contributed by atoms with Gasteiger partial charge in [0.05, 0.1) is 0 Å². The largest absolute Gasteiger partial charge is 2.00 e. The summed E-state index contributed by atoms with van der Waals surface area (Å²) >= 11 is 0. The molecular weight excluding hydrogens is 429 g/mol. The van der Waals surface area contributed by atoms with E-state index in [1.165, 1.54) is 21.5 Å². The fourth-order valence-electron chi connectivity index (χ4n) is 3.16. The van der Waals surface area contributed by atoms with Crippen molar-refractivity contribution < 1.29 is 22.5 Å². The molecule has 1 atom stereocenters. The Morgan fingerprint density at radius 2 is 1.23 bits per heavy atom. The van der Waals surface area contributed by atoms with Gasteiger partial charge in [0, 0.05) is 0 Å². The van der Waals surface area contributed by atoms with Crippen molar-refractivity contribution in [1.82, 2.24) is 4.90 Å². The van der Waals surface area contributed by atoms with E-state index in [9.17, 15) is 0 Å². The maximum absolute atomic E-state index is 2.31. The van der Waals surface area contributed by atoms with Crippen LogP contribution in [0.3, 0.4) is 0 Å². The monoisotopic (exact) mass is 459 g/mol. The van der Waals surface area contributed by atoms with Gasteiger partial charge >= 0.3 is 17.1 Å². The summed E-state index contributed by atoms with van der Waals surface area (Å²) in [6.07, 6.45) is 0. The molecule has 0 radical (unpaired) electrons. The molecule has 2 nitrogen and oxygen atoms in total. The minimum Gasteiger partial charge on any atom is -0.412 e. The third-order valence-corrected chi connectivity index (χ3v) is 7.39. The van der Waals surface area contributed by atoms with E-state index in [1.807, 2.05) is 30.3 Å². The van der Waals surface area contributed by atoms with Crippen molar-refractivity contribution in [2.45, 2.75) is 13.0 Å². The van der Waals surface area contributed by atoms with E-state index in [0.717, 1.165) is 0 Å². The van der Waals surface area contributed by atoms with E-state index in [-0.39, 0.29) is 22.5 Å². The Morgan fingerprint density at radius 1 is 0.733 bits per heavy atom. The van der Waals surface area contributed by atoms with Crippen LogP contribution in [0.4, 0.5) is 0 Å². The summed E-state index contributed by atoms with van der Waals surface area (Å²) in [5, 5.41) is 4.29. The van der Waals surface area contributed by atoms with Crippen molar-refractivity contribution >= 4 is 23.8 Å². The van der Waals surface area contributed by atoms with Gasteiger partial charge < -0.3 is 10.4 Å². The summed E-state index contributed by atoms with van der Waals surface area (Å²) in [6, 6.07) is 39.0. The van der Waals surface area contributed by atoms with E-state index in [1.54, 1.807) is 0 Å². The first-order valence-corrected chi connectivity index (χ1v) is 11.0. The predicted octanol–water partition coefficient (Wildman–Crippen LogP) is 4.36. The second-order valence-corrected chi connectivity index (χ2v) is 9.16. The molecule has 0 amide bonds. The van der Waals surface area contributed by atoms with Gasteiger partial charge in [0.1, 0.15) is 0 Å². The summed E-state index contributed by atoms with van der Waals surface area (Å²) in [5.41, 5.74) is 1.44. The average molecular weight is 459 g/mol. The number of hydrogen-bond donors (Lipinski definition) is 0. The van der Waals surface area contributed by atoms with E-state index < -0.39 is 7.92 Å². The summed E-state index contributed by atoms with van der Waals surface area (Å²) in [7, 11) is 3.78. The van der Waals surface area contributed by atoms with E-state index >= 15 is 0 Å². The summed E-state index contributed by atoms with van der Waals surface area (Å²) in [5.74, 6) is 0. The molecule has 0 aliphatic rings. The molecule has 2 N–H and O–H groups in total. The van der Waals surface area contributed by atoms with E-state index in [2.05, 4.69) is 105 Å². The fourth-order valence-corrected chi connectivity index (χ4v) is 5.71. The van der Waals surface area contributed by atoms with Gasteiger partial charge in [0.15, 0.2) is 0 Å². The summed E-state index contributed by atoms with van der Waals surface area (Å²) in [4.78, 5) is 2.28. The van der Waals surface area contributed by atoms with Crippen molar-refractivity contribution in [3.8, 4) is 0 Å². The van der Waals surface area contributed by atoms with Crippen LogP contribution in [0, 0.1) is 0 Å². The molecule has 4 aromatic rings. The molecule has 0 spiro atoms. The topological polar surface area (TPSA) is 34.7 Å². The van der Waals surface area contributed by atoms with Gasteiger partial charge in [-0.3, -0.25) is 0 Å². The number of nitrogens with zero attached hydrogens (tertiary/aromatic N) is 1. The summed E-state index contributed by atoms with van der Waals surface area (Å²) < 4.78 is 0. The first kappa shape index (κ1) is 26.0. The maximum atomic E-state index is 2.31. The molecule has 0 saturated carbocycles. The van der Waals surface area contributed by atoms with Crippen LogP contribution in [-0.4, -0.2) is 24.5 Å². The zero-order chi connectivity index (χ0) is 19.8. The molecule has 30 heavy (non-hydrogen) atoms. The molecule has 4 heteroatoms. The zero-order valence-corrected chi connectivity index (χ0v) is 19.7. The third-order valence-electron chi connectivity index (χ3n) is 4.88. The van der Waals surface area contributed by atoms with Gasteiger partial charge in [-0.2, -0.15) is 35.9 Å². The molecule has 4 aromatic carbocycles. The molecule has 4 rings (SSSR count). The molecule has 0 saturated heterocycles. The molecule has 1 unspecified atom stereocenters. The minimum absolute atomic E-state index is 0. The Kier molecular flexibility index (Phi) is 11.6. The Balaban J connectivity index is 0.000000566. The van der Waals surface area contributed by atoms with Gasteiger partial charge in [-0.1, -0.05) is 67.6 Å². The molecule has 0 bridgehead atoms. The van der Waals surface area contributed by atoms with Gasteiger partial charge in [0.25, 0.3) is 0 Å². The summed E-state index contributed by atoms with van der Waals surface area (Å²) in [6.45, 7) is 2.28. The molecular formula is C26H30FeNOP. The average Bonchev–Trinajstić information content (AvgIpc) is 3.45. The quantitative estimate of drug-likeness (QED) is 0.248. The zero-order valence-electron chi connectivity index (χ0n) is 17.7.